The number of hydrogen-bond donors (Lipinski definition) is 3. The van der Waals surface area contributed by atoms with Crippen LogP contribution in [-0.2, 0) is 19.1 Å². The number of ether oxygens (including phenoxy) is 1. The summed E-state index contributed by atoms with van der Waals surface area (Å²) < 4.78 is 4.61. The molecule has 0 bridgehead atoms. The molecule has 1 aliphatic heterocycles. The van der Waals surface area contributed by atoms with E-state index in [0.29, 0.717) is 0 Å². The molecular weight excluding hydrogens is 218 g/mol. The molecule has 0 aromatic rings. The maximum Gasteiger partial charge on any atom is 0.344 e. The van der Waals surface area contributed by atoms with Crippen molar-refractivity contribution in [1.82, 2.24) is 5.32 Å². The van der Waals surface area contributed by atoms with Crippen molar-refractivity contribution in [3.8, 4) is 0 Å². The summed E-state index contributed by atoms with van der Waals surface area (Å²) in [4.78, 5) is 33.9. The number of amides is 1. The van der Waals surface area contributed by atoms with E-state index in [2.05, 4.69) is 4.74 Å². The van der Waals surface area contributed by atoms with E-state index in [1.165, 1.54) is 13.8 Å². The van der Waals surface area contributed by atoms with Crippen LogP contribution in [0.25, 0.3) is 0 Å². The van der Waals surface area contributed by atoms with Gasteiger partial charge < -0.3 is 20.3 Å². The monoisotopic (exact) mass is 231 g/mol. The van der Waals surface area contributed by atoms with E-state index in [-0.39, 0.29) is 6.61 Å². The summed E-state index contributed by atoms with van der Waals surface area (Å²) in [5, 5.41) is 20.4. The number of carbonyl (C=O) groups is 3. The van der Waals surface area contributed by atoms with E-state index in [1.54, 1.807) is 0 Å². The number of hydrogen-bond acceptors (Lipinski definition) is 5. The van der Waals surface area contributed by atoms with Crippen molar-refractivity contribution >= 4 is 17.8 Å². The number of aliphatic hydroxyl groups is 1. The Hall–Kier alpha value is -1.63. The van der Waals surface area contributed by atoms with Crippen molar-refractivity contribution in [2.75, 3.05) is 6.61 Å². The van der Waals surface area contributed by atoms with Crippen LogP contribution in [0.2, 0.25) is 0 Å². The summed E-state index contributed by atoms with van der Waals surface area (Å²) in [6, 6.07) is 0. The Kier molecular flexibility index (Phi) is 3.18. The van der Waals surface area contributed by atoms with E-state index in [0.717, 1.165) is 0 Å². The first-order valence-electron chi connectivity index (χ1n) is 4.78. The standard InChI is InChI=1S/C9H13NO6/c1-3-16-8(15)9(7(13)14)4(2)5(11)6(12)10-9/h4-5,11H,3H2,1-2H3,(H,10,12)(H,13,14)/t4-,5-,9?/m1/s1. The summed E-state index contributed by atoms with van der Waals surface area (Å²) >= 11 is 0. The molecule has 90 valence electrons. The number of rotatable bonds is 3. The fraction of sp³-hybridized carbons (Fsp3) is 0.667. The fourth-order valence-electron chi connectivity index (χ4n) is 1.66. The van der Waals surface area contributed by atoms with Gasteiger partial charge in [0.1, 0.15) is 6.10 Å². The Morgan fingerprint density at radius 3 is 2.44 bits per heavy atom. The lowest BCUT2D eigenvalue weighted by atomic mass is 9.85. The number of nitrogens with one attached hydrogen (secondary N) is 1. The zero-order valence-corrected chi connectivity index (χ0v) is 8.89. The van der Waals surface area contributed by atoms with Gasteiger partial charge in [0.15, 0.2) is 0 Å². The second-order valence-corrected chi connectivity index (χ2v) is 3.56. The third-order valence-corrected chi connectivity index (χ3v) is 2.68. The van der Waals surface area contributed by atoms with Gasteiger partial charge in [0.2, 0.25) is 5.54 Å². The molecule has 3 atom stereocenters. The van der Waals surface area contributed by atoms with Crippen molar-refractivity contribution in [2.45, 2.75) is 25.5 Å². The highest BCUT2D eigenvalue weighted by molar-refractivity contribution is 6.10. The average molecular weight is 231 g/mol. The largest absolute Gasteiger partial charge is 0.479 e. The Balaban J connectivity index is 3.13. The third kappa shape index (κ3) is 1.53. The van der Waals surface area contributed by atoms with Gasteiger partial charge in [0.05, 0.1) is 6.61 Å². The number of aliphatic carboxylic acids is 1. The van der Waals surface area contributed by atoms with Gasteiger partial charge >= 0.3 is 11.9 Å². The van der Waals surface area contributed by atoms with Gasteiger partial charge in [-0.25, -0.2) is 9.59 Å². The van der Waals surface area contributed by atoms with Crippen molar-refractivity contribution in [3.63, 3.8) is 0 Å². The predicted molar refractivity (Wildman–Crippen MR) is 50.3 cm³/mol. The number of esters is 1. The van der Waals surface area contributed by atoms with Gasteiger partial charge in [-0.1, -0.05) is 6.92 Å². The zero-order valence-electron chi connectivity index (χ0n) is 8.89. The second kappa shape index (κ2) is 4.09. The molecule has 0 aromatic carbocycles. The molecule has 7 nitrogen and oxygen atoms in total. The van der Waals surface area contributed by atoms with Gasteiger partial charge in [-0.15, -0.1) is 0 Å². The molecule has 0 aliphatic carbocycles. The van der Waals surface area contributed by atoms with Crippen molar-refractivity contribution in [1.29, 1.82) is 0 Å². The van der Waals surface area contributed by atoms with Crippen molar-refractivity contribution < 1.29 is 29.3 Å². The van der Waals surface area contributed by atoms with Gasteiger partial charge in [-0.3, -0.25) is 4.79 Å². The van der Waals surface area contributed by atoms with Crippen LogP contribution in [0.5, 0.6) is 0 Å². The van der Waals surface area contributed by atoms with Crippen molar-refractivity contribution in [2.24, 2.45) is 5.92 Å². The number of carboxylic acid groups (broad SMARTS) is 1. The highest BCUT2D eigenvalue weighted by atomic mass is 16.5. The summed E-state index contributed by atoms with van der Waals surface area (Å²) in [7, 11) is 0. The summed E-state index contributed by atoms with van der Waals surface area (Å²) in [6.07, 6.45) is -1.53. The quantitative estimate of drug-likeness (QED) is 0.402. The maximum atomic E-state index is 11.6. The molecule has 1 heterocycles. The normalized spacial score (nSPS) is 33.3. The molecule has 0 spiro atoms. The molecule has 3 N–H and O–H groups in total. The molecule has 1 saturated heterocycles. The maximum absolute atomic E-state index is 11.6. The molecular formula is C9H13NO6. The Morgan fingerprint density at radius 1 is 1.56 bits per heavy atom. The molecule has 7 heteroatoms. The summed E-state index contributed by atoms with van der Waals surface area (Å²) in [6.45, 7) is 2.81. The first-order valence-corrected chi connectivity index (χ1v) is 4.78. The molecule has 1 fully saturated rings. The minimum Gasteiger partial charge on any atom is -0.479 e. The van der Waals surface area contributed by atoms with Crippen LogP contribution in [0.4, 0.5) is 0 Å². The van der Waals surface area contributed by atoms with Crippen LogP contribution in [-0.4, -0.2) is 46.3 Å². The van der Waals surface area contributed by atoms with E-state index in [4.69, 9.17) is 5.11 Å². The zero-order chi connectivity index (χ0) is 12.5. The SMILES string of the molecule is CCOC(=O)C1(C(=O)O)NC(=O)[C@H](O)[C@H]1C. The van der Waals surface area contributed by atoms with Crippen LogP contribution >= 0.6 is 0 Å². The number of aliphatic hydroxyl groups excluding tert-OH is 1. The highest BCUT2D eigenvalue weighted by Crippen LogP contribution is 2.29. The van der Waals surface area contributed by atoms with Gasteiger partial charge in [-0.2, -0.15) is 0 Å². The van der Waals surface area contributed by atoms with E-state index < -0.39 is 35.4 Å². The number of carboxylic acids is 1. The highest BCUT2D eigenvalue weighted by Gasteiger charge is 2.62. The van der Waals surface area contributed by atoms with Crippen LogP contribution in [0.1, 0.15) is 13.8 Å². The molecule has 0 saturated carbocycles. The Bertz CT molecular complexity index is 341. The van der Waals surface area contributed by atoms with E-state index in [1.807, 2.05) is 5.32 Å². The molecule has 0 aromatic heterocycles. The molecule has 1 unspecified atom stereocenters. The van der Waals surface area contributed by atoms with E-state index in [9.17, 15) is 19.5 Å². The molecule has 1 amide bonds. The Morgan fingerprint density at radius 2 is 2.12 bits per heavy atom. The lowest BCUT2D eigenvalue weighted by Gasteiger charge is -2.26. The Labute approximate surface area is 91.4 Å². The van der Waals surface area contributed by atoms with E-state index >= 15 is 0 Å². The van der Waals surface area contributed by atoms with Crippen molar-refractivity contribution in [3.05, 3.63) is 0 Å². The van der Waals surface area contributed by atoms with Crippen LogP contribution in [0.3, 0.4) is 0 Å². The second-order valence-electron chi connectivity index (χ2n) is 3.56. The smallest absolute Gasteiger partial charge is 0.344 e. The minimum absolute atomic E-state index is 0.00739. The molecule has 1 rings (SSSR count). The lowest BCUT2D eigenvalue weighted by Crippen LogP contribution is -2.59. The fourth-order valence-corrected chi connectivity index (χ4v) is 1.66. The number of carbonyl (C=O) groups excluding carboxylic acids is 2. The van der Waals surface area contributed by atoms with Crippen LogP contribution in [0.15, 0.2) is 0 Å². The van der Waals surface area contributed by atoms with Gasteiger partial charge in [0, 0.05) is 5.92 Å². The summed E-state index contributed by atoms with van der Waals surface area (Å²) in [5.41, 5.74) is -2.19. The van der Waals surface area contributed by atoms with Gasteiger partial charge in [0.25, 0.3) is 5.91 Å². The topological polar surface area (TPSA) is 113 Å². The van der Waals surface area contributed by atoms with Crippen LogP contribution < -0.4 is 5.32 Å². The first-order chi connectivity index (χ1) is 7.37. The predicted octanol–water partition coefficient (Wildman–Crippen LogP) is -1.50. The first kappa shape index (κ1) is 12.4. The third-order valence-electron chi connectivity index (χ3n) is 2.68. The molecule has 16 heavy (non-hydrogen) atoms. The molecule has 0 radical (unpaired) electrons. The average Bonchev–Trinajstić information content (AvgIpc) is 2.44. The van der Waals surface area contributed by atoms with Gasteiger partial charge in [-0.05, 0) is 6.92 Å². The minimum atomic E-state index is -2.19. The summed E-state index contributed by atoms with van der Waals surface area (Å²) in [5.74, 6) is -4.58. The lowest BCUT2D eigenvalue weighted by molar-refractivity contribution is -0.165. The van der Waals surface area contributed by atoms with Crippen LogP contribution in [0, 0.1) is 5.92 Å². The molecule has 1 aliphatic rings.